The average molecular weight is 218 g/mol. The summed E-state index contributed by atoms with van der Waals surface area (Å²) < 4.78 is 0. The summed E-state index contributed by atoms with van der Waals surface area (Å²) in [5, 5.41) is 14.6. The second kappa shape index (κ2) is 7.09. The number of thioether (sulfide) groups is 1. The van der Waals surface area contributed by atoms with Gasteiger partial charge in [-0.3, -0.25) is 10.1 Å². The van der Waals surface area contributed by atoms with E-state index in [0.717, 1.165) is 37.4 Å². The van der Waals surface area contributed by atoms with Crippen LogP contribution in [0.15, 0.2) is 0 Å². The van der Waals surface area contributed by atoms with Gasteiger partial charge in [0, 0.05) is 24.8 Å². The Bertz CT molecular complexity index is 172. The SMILES string of the molecule is O=C(NCCCCCO)C1CSCN1. The molecule has 1 aliphatic heterocycles. The number of rotatable bonds is 6. The zero-order chi connectivity index (χ0) is 10.2. The van der Waals surface area contributed by atoms with Crippen LogP contribution < -0.4 is 10.6 Å². The third kappa shape index (κ3) is 4.30. The van der Waals surface area contributed by atoms with Crippen molar-refractivity contribution < 1.29 is 9.90 Å². The van der Waals surface area contributed by atoms with Gasteiger partial charge in [-0.25, -0.2) is 0 Å². The van der Waals surface area contributed by atoms with Crippen LogP contribution in [0.3, 0.4) is 0 Å². The lowest BCUT2D eigenvalue weighted by atomic mass is 10.2. The fourth-order valence-electron chi connectivity index (χ4n) is 1.31. The minimum absolute atomic E-state index is 0.00200. The van der Waals surface area contributed by atoms with Crippen molar-refractivity contribution in [3.63, 3.8) is 0 Å². The molecule has 3 N–H and O–H groups in total. The molecule has 0 bridgehead atoms. The van der Waals surface area contributed by atoms with E-state index in [1.54, 1.807) is 11.8 Å². The number of carbonyl (C=O) groups excluding carboxylic acids is 1. The molecule has 14 heavy (non-hydrogen) atoms. The van der Waals surface area contributed by atoms with Crippen molar-refractivity contribution in [2.24, 2.45) is 0 Å². The Kier molecular flexibility index (Phi) is 5.98. The molecule has 82 valence electrons. The summed E-state index contributed by atoms with van der Waals surface area (Å²) in [7, 11) is 0. The van der Waals surface area contributed by atoms with Crippen LogP contribution in [0.1, 0.15) is 19.3 Å². The van der Waals surface area contributed by atoms with E-state index in [-0.39, 0.29) is 18.6 Å². The van der Waals surface area contributed by atoms with Crippen LogP contribution in [-0.2, 0) is 4.79 Å². The van der Waals surface area contributed by atoms with Crippen molar-refractivity contribution in [3.8, 4) is 0 Å². The molecule has 1 saturated heterocycles. The van der Waals surface area contributed by atoms with Crippen LogP contribution in [0.4, 0.5) is 0 Å². The highest BCUT2D eigenvalue weighted by Crippen LogP contribution is 2.09. The summed E-state index contributed by atoms with van der Waals surface area (Å²) in [5.74, 6) is 1.87. The molecule has 1 atom stereocenters. The molecule has 1 unspecified atom stereocenters. The van der Waals surface area contributed by atoms with Crippen molar-refractivity contribution in [2.45, 2.75) is 25.3 Å². The Hall–Kier alpha value is -0.260. The molecule has 0 aromatic heterocycles. The molecule has 4 nitrogen and oxygen atoms in total. The third-order valence-electron chi connectivity index (χ3n) is 2.17. The maximum absolute atomic E-state index is 11.4. The average Bonchev–Trinajstić information content (AvgIpc) is 2.70. The summed E-state index contributed by atoms with van der Waals surface area (Å²) in [6.07, 6.45) is 2.75. The van der Waals surface area contributed by atoms with Gasteiger partial charge in [-0.05, 0) is 19.3 Å². The molecular weight excluding hydrogens is 200 g/mol. The minimum atomic E-state index is -0.00200. The minimum Gasteiger partial charge on any atom is -0.396 e. The van der Waals surface area contributed by atoms with Crippen molar-refractivity contribution >= 4 is 17.7 Å². The first kappa shape index (κ1) is 11.8. The van der Waals surface area contributed by atoms with Crippen molar-refractivity contribution in [1.82, 2.24) is 10.6 Å². The van der Waals surface area contributed by atoms with Gasteiger partial charge in [-0.15, -0.1) is 11.8 Å². The Labute approximate surface area is 88.8 Å². The molecule has 1 aliphatic rings. The molecular formula is C9H18N2O2S. The second-order valence-corrected chi connectivity index (χ2v) is 4.38. The quantitative estimate of drug-likeness (QED) is 0.546. The fraction of sp³-hybridized carbons (Fsp3) is 0.889. The fourth-order valence-corrected chi connectivity index (χ4v) is 2.25. The first-order valence-corrected chi connectivity index (χ1v) is 6.20. The maximum atomic E-state index is 11.4. The molecule has 0 aliphatic carbocycles. The molecule has 5 heteroatoms. The lowest BCUT2D eigenvalue weighted by Crippen LogP contribution is -2.42. The Morgan fingerprint density at radius 1 is 1.50 bits per heavy atom. The number of carbonyl (C=O) groups is 1. The van der Waals surface area contributed by atoms with Gasteiger partial charge in [0.15, 0.2) is 0 Å². The van der Waals surface area contributed by atoms with Crippen LogP contribution in [0.25, 0.3) is 0 Å². The van der Waals surface area contributed by atoms with E-state index < -0.39 is 0 Å². The number of hydrogen-bond donors (Lipinski definition) is 3. The summed E-state index contributed by atoms with van der Waals surface area (Å²) >= 11 is 1.75. The highest BCUT2D eigenvalue weighted by molar-refractivity contribution is 7.99. The zero-order valence-electron chi connectivity index (χ0n) is 8.29. The number of hydrogen-bond acceptors (Lipinski definition) is 4. The first-order chi connectivity index (χ1) is 6.84. The van der Waals surface area contributed by atoms with Gasteiger partial charge in [0.25, 0.3) is 0 Å². The Morgan fingerprint density at radius 2 is 2.36 bits per heavy atom. The van der Waals surface area contributed by atoms with Crippen molar-refractivity contribution in [1.29, 1.82) is 0 Å². The van der Waals surface area contributed by atoms with Gasteiger partial charge in [0.1, 0.15) is 0 Å². The lowest BCUT2D eigenvalue weighted by molar-refractivity contribution is -0.122. The van der Waals surface area contributed by atoms with Crippen LogP contribution in [0.5, 0.6) is 0 Å². The van der Waals surface area contributed by atoms with Gasteiger partial charge in [-0.2, -0.15) is 0 Å². The van der Waals surface area contributed by atoms with Crippen molar-refractivity contribution in [3.05, 3.63) is 0 Å². The number of aliphatic hydroxyl groups excluding tert-OH is 1. The predicted molar refractivity (Wildman–Crippen MR) is 58.2 cm³/mol. The molecule has 1 heterocycles. The van der Waals surface area contributed by atoms with Crippen LogP contribution in [-0.4, -0.2) is 41.8 Å². The standard InChI is InChI=1S/C9H18N2O2S/c12-5-3-1-2-4-10-9(13)8-6-14-7-11-8/h8,11-12H,1-7H2,(H,10,13). The molecule has 1 amide bonds. The van der Waals surface area contributed by atoms with E-state index >= 15 is 0 Å². The smallest absolute Gasteiger partial charge is 0.238 e. The van der Waals surface area contributed by atoms with Crippen LogP contribution in [0, 0.1) is 0 Å². The second-order valence-electron chi connectivity index (χ2n) is 3.35. The Morgan fingerprint density at radius 3 is 3.00 bits per heavy atom. The van der Waals surface area contributed by atoms with Crippen molar-refractivity contribution in [2.75, 3.05) is 24.8 Å². The van der Waals surface area contributed by atoms with Gasteiger partial charge < -0.3 is 10.4 Å². The van der Waals surface area contributed by atoms with Crippen LogP contribution in [0.2, 0.25) is 0 Å². The highest BCUT2D eigenvalue weighted by atomic mass is 32.2. The van der Waals surface area contributed by atoms with Gasteiger partial charge >= 0.3 is 0 Å². The van der Waals surface area contributed by atoms with E-state index in [0.29, 0.717) is 0 Å². The molecule has 1 rings (SSSR count). The predicted octanol–water partition coefficient (Wildman–Crippen LogP) is -0.0723. The van der Waals surface area contributed by atoms with E-state index in [4.69, 9.17) is 5.11 Å². The third-order valence-corrected chi connectivity index (χ3v) is 3.11. The number of aliphatic hydroxyl groups is 1. The van der Waals surface area contributed by atoms with Crippen LogP contribution >= 0.6 is 11.8 Å². The van der Waals surface area contributed by atoms with Gasteiger partial charge in [-0.1, -0.05) is 0 Å². The summed E-state index contributed by atoms with van der Waals surface area (Å²) in [5.41, 5.74) is 0. The largest absolute Gasteiger partial charge is 0.396 e. The van der Waals surface area contributed by atoms with E-state index in [9.17, 15) is 4.79 Å². The molecule has 0 aromatic carbocycles. The summed E-state index contributed by atoms with van der Waals surface area (Å²) in [6.45, 7) is 0.969. The van der Waals surface area contributed by atoms with Gasteiger partial charge in [0.2, 0.25) is 5.91 Å². The first-order valence-electron chi connectivity index (χ1n) is 5.04. The van der Waals surface area contributed by atoms with Gasteiger partial charge in [0.05, 0.1) is 6.04 Å². The Balaban J connectivity index is 1.97. The molecule has 0 saturated carbocycles. The summed E-state index contributed by atoms with van der Waals surface area (Å²) in [4.78, 5) is 11.4. The molecule has 1 fully saturated rings. The maximum Gasteiger partial charge on any atom is 0.238 e. The highest BCUT2D eigenvalue weighted by Gasteiger charge is 2.21. The van der Waals surface area contributed by atoms with E-state index in [1.165, 1.54) is 0 Å². The molecule has 0 spiro atoms. The van der Waals surface area contributed by atoms with E-state index in [2.05, 4.69) is 10.6 Å². The number of nitrogens with one attached hydrogen (secondary N) is 2. The number of unbranched alkanes of at least 4 members (excludes halogenated alkanes) is 2. The summed E-state index contributed by atoms with van der Waals surface area (Å²) in [6, 6.07) is -0.00200. The number of amides is 1. The zero-order valence-corrected chi connectivity index (χ0v) is 9.11. The molecule has 0 aromatic rings. The lowest BCUT2D eigenvalue weighted by Gasteiger charge is -2.09. The topological polar surface area (TPSA) is 61.4 Å². The van der Waals surface area contributed by atoms with E-state index in [1.807, 2.05) is 0 Å². The normalized spacial score (nSPS) is 21.1. The monoisotopic (exact) mass is 218 g/mol. The molecule has 0 radical (unpaired) electrons.